The van der Waals surface area contributed by atoms with Gasteiger partial charge in [-0.25, -0.2) is 4.39 Å². The van der Waals surface area contributed by atoms with Crippen molar-refractivity contribution in [3.05, 3.63) is 61.2 Å². The quantitative estimate of drug-likeness (QED) is 0.675. The van der Waals surface area contributed by atoms with Crippen molar-refractivity contribution < 1.29 is 9.18 Å². The fourth-order valence-electron chi connectivity index (χ4n) is 1.64. The smallest absolute Gasteiger partial charge is 0.256 e. The third-order valence-electron chi connectivity index (χ3n) is 2.69. The van der Waals surface area contributed by atoms with Crippen LogP contribution in [0.2, 0.25) is 5.02 Å². The minimum Gasteiger partial charge on any atom is -0.322 e. The van der Waals surface area contributed by atoms with E-state index in [2.05, 4.69) is 37.2 Å². The number of carbonyl (C=O) groups excluding carboxylic acids is 1. The van der Waals surface area contributed by atoms with Crippen LogP contribution >= 0.6 is 43.5 Å². The van der Waals surface area contributed by atoms with E-state index in [1.54, 1.807) is 25.1 Å². The number of carbonyl (C=O) groups is 1. The number of halogens is 4. The Hall–Kier alpha value is -0.910. The van der Waals surface area contributed by atoms with E-state index in [-0.39, 0.29) is 11.7 Å². The highest BCUT2D eigenvalue weighted by Crippen LogP contribution is 2.26. The molecule has 2 aromatic rings. The molecule has 0 aliphatic carbocycles. The van der Waals surface area contributed by atoms with E-state index in [0.29, 0.717) is 30.8 Å². The molecule has 2 aromatic carbocycles. The normalized spacial score (nSPS) is 10.4. The zero-order valence-electron chi connectivity index (χ0n) is 10.3. The molecule has 0 aromatic heterocycles. The molecule has 0 radical (unpaired) electrons. The number of aryl methyl sites for hydroxylation is 1. The molecule has 0 bridgehead atoms. The molecule has 2 rings (SSSR count). The van der Waals surface area contributed by atoms with Crippen molar-refractivity contribution in [2.75, 3.05) is 5.32 Å². The molecule has 0 fully saturated rings. The van der Waals surface area contributed by atoms with Crippen LogP contribution in [0.3, 0.4) is 0 Å². The second-order valence-corrected chi connectivity index (χ2v) is 6.30. The molecule has 0 aliphatic heterocycles. The molecule has 1 amide bonds. The number of amides is 1. The van der Waals surface area contributed by atoms with Crippen LogP contribution in [0.15, 0.2) is 39.3 Å². The minimum absolute atomic E-state index is 0.296. The van der Waals surface area contributed by atoms with Crippen molar-refractivity contribution in [2.24, 2.45) is 0 Å². The largest absolute Gasteiger partial charge is 0.322 e. The fraction of sp³-hybridized carbons (Fsp3) is 0.0714. The Kier molecular flexibility index (Phi) is 4.83. The summed E-state index contributed by atoms with van der Waals surface area (Å²) < 4.78 is 14.2. The molecule has 0 heterocycles. The summed E-state index contributed by atoms with van der Waals surface area (Å²) in [5.41, 5.74) is 1.64. The predicted molar refractivity (Wildman–Crippen MR) is 85.9 cm³/mol. The molecule has 1 N–H and O–H groups in total. The SMILES string of the molecule is Cc1cc(F)c(Br)cc1NC(=O)c1ccc(Cl)cc1Br. The highest BCUT2D eigenvalue weighted by atomic mass is 79.9. The Morgan fingerprint density at radius 2 is 1.90 bits per heavy atom. The van der Waals surface area contributed by atoms with Crippen LogP contribution in [-0.2, 0) is 0 Å². The Bertz CT molecular complexity index is 691. The number of nitrogens with one attached hydrogen (secondary N) is 1. The number of hydrogen-bond acceptors (Lipinski definition) is 1. The number of benzene rings is 2. The van der Waals surface area contributed by atoms with Gasteiger partial charge in [0.15, 0.2) is 0 Å². The van der Waals surface area contributed by atoms with E-state index >= 15 is 0 Å². The second kappa shape index (κ2) is 6.24. The first-order valence-electron chi connectivity index (χ1n) is 5.60. The van der Waals surface area contributed by atoms with Crippen LogP contribution in [0.4, 0.5) is 10.1 Å². The van der Waals surface area contributed by atoms with E-state index in [9.17, 15) is 9.18 Å². The van der Waals surface area contributed by atoms with Crippen molar-refractivity contribution in [1.82, 2.24) is 0 Å². The summed E-state index contributed by atoms with van der Waals surface area (Å²) in [5.74, 6) is -0.664. The lowest BCUT2D eigenvalue weighted by Crippen LogP contribution is -2.13. The summed E-state index contributed by atoms with van der Waals surface area (Å²) >= 11 is 12.2. The molecule has 0 spiro atoms. The molecule has 0 saturated carbocycles. The Labute approximate surface area is 137 Å². The van der Waals surface area contributed by atoms with Crippen LogP contribution in [0, 0.1) is 12.7 Å². The summed E-state index contributed by atoms with van der Waals surface area (Å²) in [6.45, 7) is 1.72. The standard InChI is InChI=1S/C14H9Br2ClFNO/c1-7-4-12(18)11(16)6-13(7)19-14(20)9-3-2-8(17)5-10(9)15/h2-6H,1H3,(H,19,20). The Morgan fingerprint density at radius 1 is 1.20 bits per heavy atom. The van der Waals surface area contributed by atoms with Crippen LogP contribution in [0.5, 0.6) is 0 Å². The van der Waals surface area contributed by atoms with Gasteiger partial charge in [-0.15, -0.1) is 0 Å². The van der Waals surface area contributed by atoms with Gasteiger partial charge in [0.1, 0.15) is 5.82 Å². The van der Waals surface area contributed by atoms with E-state index in [4.69, 9.17) is 11.6 Å². The molecule has 0 saturated heterocycles. The van der Waals surface area contributed by atoms with Gasteiger partial charge in [-0.05, 0) is 74.7 Å². The van der Waals surface area contributed by atoms with Crippen molar-refractivity contribution >= 4 is 55.1 Å². The maximum absolute atomic E-state index is 13.3. The monoisotopic (exact) mass is 419 g/mol. The molecule has 2 nitrogen and oxygen atoms in total. The van der Waals surface area contributed by atoms with Gasteiger partial charge in [0, 0.05) is 15.2 Å². The van der Waals surface area contributed by atoms with Crippen LogP contribution in [0.1, 0.15) is 15.9 Å². The molecular formula is C14H9Br2ClFNO. The molecule has 0 aliphatic rings. The predicted octanol–water partition coefficient (Wildman–Crippen LogP) is 5.56. The van der Waals surface area contributed by atoms with E-state index in [1.165, 1.54) is 12.1 Å². The van der Waals surface area contributed by atoms with Crippen molar-refractivity contribution in [2.45, 2.75) is 6.92 Å². The Balaban J connectivity index is 2.30. The van der Waals surface area contributed by atoms with Crippen molar-refractivity contribution in [1.29, 1.82) is 0 Å². The van der Waals surface area contributed by atoms with Gasteiger partial charge < -0.3 is 5.32 Å². The lowest BCUT2D eigenvalue weighted by molar-refractivity contribution is 0.102. The summed E-state index contributed by atoms with van der Waals surface area (Å²) in [5, 5.41) is 3.28. The fourth-order valence-corrected chi connectivity index (χ4v) is 2.85. The first kappa shape index (κ1) is 15.5. The number of hydrogen-bond donors (Lipinski definition) is 1. The number of anilines is 1. The summed E-state index contributed by atoms with van der Waals surface area (Å²) in [7, 11) is 0. The van der Waals surface area contributed by atoms with Crippen molar-refractivity contribution in [3.63, 3.8) is 0 Å². The minimum atomic E-state index is -0.367. The average molecular weight is 421 g/mol. The average Bonchev–Trinajstić information content (AvgIpc) is 2.35. The third-order valence-corrected chi connectivity index (χ3v) is 4.19. The number of rotatable bonds is 2. The second-order valence-electron chi connectivity index (χ2n) is 4.16. The first-order valence-corrected chi connectivity index (χ1v) is 7.57. The van der Waals surface area contributed by atoms with Crippen LogP contribution in [-0.4, -0.2) is 5.91 Å². The molecule has 0 atom stereocenters. The van der Waals surface area contributed by atoms with E-state index in [0.717, 1.165) is 0 Å². The topological polar surface area (TPSA) is 29.1 Å². The highest BCUT2D eigenvalue weighted by molar-refractivity contribution is 9.10. The highest BCUT2D eigenvalue weighted by Gasteiger charge is 2.13. The lowest BCUT2D eigenvalue weighted by atomic mass is 10.1. The van der Waals surface area contributed by atoms with Gasteiger partial charge in [0.2, 0.25) is 0 Å². The van der Waals surface area contributed by atoms with Gasteiger partial charge in [-0.3, -0.25) is 4.79 Å². The van der Waals surface area contributed by atoms with E-state index in [1.807, 2.05) is 0 Å². The lowest BCUT2D eigenvalue weighted by Gasteiger charge is -2.10. The zero-order valence-corrected chi connectivity index (χ0v) is 14.2. The summed E-state index contributed by atoms with van der Waals surface area (Å²) in [6, 6.07) is 7.79. The molecule has 6 heteroatoms. The Morgan fingerprint density at radius 3 is 2.55 bits per heavy atom. The maximum atomic E-state index is 13.3. The van der Waals surface area contributed by atoms with Gasteiger partial charge >= 0.3 is 0 Å². The molecule has 104 valence electrons. The van der Waals surface area contributed by atoms with Crippen molar-refractivity contribution in [3.8, 4) is 0 Å². The van der Waals surface area contributed by atoms with E-state index < -0.39 is 0 Å². The molecule has 20 heavy (non-hydrogen) atoms. The zero-order chi connectivity index (χ0) is 14.9. The van der Waals surface area contributed by atoms with Crippen LogP contribution in [0.25, 0.3) is 0 Å². The molecule has 0 unspecified atom stereocenters. The molecular weight excluding hydrogens is 412 g/mol. The summed E-state index contributed by atoms with van der Waals surface area (Å²) in [4.78, 5) is 12.2. The third kappa shape index (κ3) is 3.40. The first-order chi connectivity index (χ1) is 9.38. The van der Waals surface area contributed by atoms with Gasteiger partial charge in [-0.1, -0.05) is 11.6 Å². The van der Waals surface area contributed by atoms with Gasteiger partial charge in [0.25, 0.3) is 5.91 Å². The summed E-state index contributed by atoms with van der Waals surface area (Å²) in [6.07, 6.45) is 0. The van der Waals surface area contributed by atoms with Crippen LogP contribution < -0.4 is 5.32 Å². The van der Waals surface area contributed by atoms with Gasteiger partial charge in [0.05, 0.1) is 10.0 Å². The maximum Gasteiger partial charge on any atom is 0.256 e. The van der Waals surface area contributed by atoms with Gasteiger partial charge in [-0.2, -0.15) is 0 Å².